The van der Waals surface area contributed by atoms with Gasteiger partial charge in [-0.05, 0) is 137 Å². The molecular weight excluding hydrogens is 857 g/mol. The van der Waals surface area contributed by atoms with Gasteiger partial charge in [0, 0.05) is 11.1 Å². The Hall–Kier alpha value is -7.28. The highest BCUT2D eigenvalue weighted by Crippen LogP contribution is 2.38. The Bertz CT molecular complexity index is 2810. The third kappa shape index (κ3) is 11.4. The van der Waals surface area contributed by atoms with E-state index in [2.05, 4.69) is 0 Å². The number of rotatable bonds is 15. The van der Waals surface area contributed by atoms with Crippen molar-refractivity contribution in [3.8, 4) is 45.4 Å². The lowest BCUT2D eigenvalue weighted by Crippen LogP contribution is -2.29. The fraction of sp³-hybridized carbons (Fsp3) is 0.286. The first-order valence-corrected chi connectivity index (χ1v) is 22.8. The number of aryl methyl sites for hydroxylation is 2. The molecule has 0 radical (unpaired) electrons. The maximum absolute atomic E-state index is 14.5. The normalized spacial score (nSPS) is 11.8. The van der Waals surface area contributed by atoms with Gasteiger partial charge in [-0.25, -0.2) is 28.7 Å². The fourth-order valence-corrected chi connectivity index (χ4v) is 7.79. The minimum Gasteiger partial charge on any atom is -0.491 e. The van der Waals surface area contributed by atoms with Crippen LogP contribution in [0.4, 0.5) is 9.59 Å². The summed E-state index contributed by atoms with van der Waals surface area (Å²) in [5.74, 6) is 1.59. The molecule has 8 aromatic rings. The van der Waals surface area contributed by atoms with Crippen LogP contribution in [0.5, 0.6) is 11.5 Å². The van der Waals surface area contributed by atoms with Crippen LogP contribution < -0.4 is 9.47 Å². The van der Waals surface area contributed by atoms with Gasteiger partial charge in [0.2, 0.25) is 0 Å². The highest BCUT2D eigenvalue weighted by molar-refractivity contribution is 6.03. The van der Waals surface area contributed by atoms with Gasteiger partial charge in [-0.2, -0.15) is 0 Å². The Morgan fingerprint density at radius 3 is 1.21 bits per heavy atom. The van der Waals surface area contributed by atoms with Crippen molar-refractivity contribution in [3.63, 3.8) is 0 Å². The monoisotopic (exact) mass is 914 g/mol. The number of aromatic nitrogens is 4. The zero-order valence-corrected chi connectivity index (χ0v) is 40.0. The number of fused-ring (bicyclic) bond motifs is 2. The summed E-state index contributed by atoms with van der Waals surface area (Å²) in [6, 6.07) is 43.3. The smallest absolute Gasteiger partial charge is 0.420 e. The summed E-state index contributed by atoms with van der Waals surface area (Å²) in [4.78, 5) is 39.5. The topological polar surface area (TPSA) is 125 Å². The van der Waals surface area contributed by atoms with E-state index in [9.17, 15) is 9.59 Å². The van der Waals surface area contributed by atoms with Gasteiger partial charge in [-0.1, -0.05) is 84.9 Å². The quantitative estimate of drug-likeness (QED) is 0.0918. The van der Waals surface area contributed by atoms with Crippen LogP contribution in [-0.2, 0) is 32.2 Å². The van der Waals surface area contributed by atoms with E-state index in [1.54, 1.807) is 41.5 Å². The molecule has 68 heavy (non-hydrogen) atoms. The predicted octanol–water partition coefficient (Wildman–Crippen LogP) is 12.8. The van der Waals surface area contributed by atoms with E-state index in [-0.39, 0.29) is 11.6 Å². The van der Waals surface area contributed by atoms with Gasteiger partial charge in [-0.15, -0.1) is 0 Å². The molecular formula is C56H58N4O8. The van der Waals surface area contributed by atoms with E-state index in [4.69, 9.17) is 38.4 Å². The summed E-state index contributed by atoms with van der Waals surface area (Å²) in [6.07, 6.45) is -1.35. The third-order valence-electron chi connectivity index (χ3n) is 10.7. The van der Waals surface area contributed by atoms with Crippen LogP contribution in [0.3, 0.4) is 0 Å². The zero-order valence-electron chi connectivity index (χ0n) is 40.0. The molecule has 12 heteroatoms. The Balaban J connectivity index is 1.16. The van der Waals surface area contributed by atoms with Crippen molar-refractivity contribution in [1.82, 2.24) is 19.1 Å². The summed E-state index contributed by atoms with van der Waals surface area (Å²) >= 11 is 0. The Kier molecular flexibility index (Phi) is 14.1. The van der Waals surface area contributed by atoms with E-state index in [0.29, 0.717) is 73.2 Å². The molecule has 0 aliphatic carbocycles. The average Bonchev–Trinajstić information content (AvgIpc) is 3.87. The second-order valence-electron chi connectivity index (χ2n) is 18.7. The molecule has 0 unspecified atom stereocenters. The molecule has 0 atom stereocenters. The Labute approximate surface area is 397 Å². The first kappa shape index (κ1) is 47.2. The first-order valence-electron chi connectivity index (χ1n) is 22.8. The molecule has 0 saturated heterocycles. The molecule has 0 fully saturated rings. The standard InChI is InChI=1S/C56H58N4O8/c1-37-31-45(41-19-23-43(24-20-41)65-29-27-63-35-39-15-11-9-12-16-39)49-47(33-37)59(53(61)67-55(3,4)5)51(57-49)52-58-50-46(32-38(2)34-48(50)60(52)54(62)68-56(6,7)8)42-21-25-44(26-22-42)66-30-28-64-36-40-17-13-10-14-18-40/h9-26,31-34H,27-30,35-36H2,1-8H3. The number of ether oxygens (including phenoxy) is 6. The fourth-order valence-electron chi connectivity index (χ4n) is 7.79. The summed E-state index contributed by atoms with van der Waals surface area (Å²) in [7, 11) is 0. The summed E-state index contributed by atoms with van der Waals surface area (Å²) in [5.41, 5.74) is 7.47. The number of imidazole rings is 2. The van der Waals surface area contributed by atoms with Crippen molar-refractivity contribution in [2.75, 3.05) is 26.4 Å². The lowest BCUT2D eigenvalue weighted by Gasteiger charge is -2.21. The van der Waals surface area contributed by atoms with Crippen molar-refractivity contribution in [2.45, 2.75) is 79.8 Å². The van der Waals surface area contributed by atoms with E-state index in [0.717, 1.165) is 44.5 Å². The molecule has 6 aromatic carbocycles. The van der Waals surface area contributed by atoms with Crippen LogP contribution in [0, 0.1) is 13.8 Å². The van der Waals surface area contributed by atoms with E-state index in [1.165, 1.54) is 9.13 Å². The van der Waals surface area contributed by atoms with Crippen LogP contribution in [0.1, 0.15) is 63.8 Å². The molecule has 0 amide bonds. The van der Waals surface area contributed by atoms with Gasteiger partial charge in [0.05, 0.1) is 48.5 Å². The van der Waals surface area contributed by atoms with Crippen molar-refractivity contribution >= 4 is 34.3 Å². The predicted molar refractivity (Wildman–Crippen MR) is 265 cm³/mol. The average molecular weight is 915 g/mol. The van der Waals surface area contributed by atoms with E-state index < -0.39 is 23.4 Å². The number of carbonyl (C=O) groups excluding carboxylic acids is 2. The molecule has 12 nitrogen and oxygen atoms in total. The molecule has 0 bridgehead atoms. The minimum atomic E-state index is -0.860. The van der Waals surface area contributed by atoms with Gasteiger partial charge in [0.15, 0.2) is 11.6 Å². The highest BCUT2D eigenvalue weighted by atomic mass is 16.6. The number of hydrogen-bond acceptors (Lipinski definition) is 10. The van der Waals surface area contributed by atoms with E-state index >= 15 is 0 Å². The summed E-state index contributed by atoms with van der Waals surface area (Å²) < 4.78 is 38.6. The summed E-state index contributed by atoms with van der Waals surface area (Å²) in [6.45, 7) is 17.4. The van der Waals surface area contributed by atoms with Gasteiger partial charge in [0.1, 0.15) is 35.9 Å². The zero-order chi connectivity index (χ0) is 48.0. The van der Waals surface area contributed by atoms with Crippen molar-refractivity contribution in [1.29, 1.82) is 0 Å². The molecule has 0 spiro atoms. The number of benzene rings is 6. The van der Waals surface area contributed by atoms with Gasteiger partial charge in [0.25, 0.3) is 0 Å². The first-order chi connectivity index (χ1) is 32.6. The second-order valence-corrected chi connectivity index (χ2v) is 18.7. The second kappa shape index (κ2) is 20.3. The van der Waals surface area contributed by atoms with Gasteiger partial charge in [-0.3, -0.25) is 0 Å². The third-order valence-corrected chi connectivity index (χ3v) is 10.7. The molecule has 0 aliphatic rings. The number of hydrogen-bond donors (Lipinski definition) is 0. The molecule has 0 saturated carbocycles. The summed E-state index contributed by atoms with van der Waals surface area (Å²) in [5, 5.41) is 0. The van der Waals surface area contributed by atoms with E-state index in [1.807, 2.05) is 147 Å². The lowest BCUT2D eigenvalue weighted by atomic mass is 10.0. The molecule has 0 N–H and O–H groups in total. The highest BCUT2D eigenvalue weighted by Gasteiger charge is 2.32. The van der Waals surface area contributed by atoms with Gasteiger partial charge >= 0.3 is 12.2 Å². The van der Waals surface area contributed by atoms with Crippen molar-refractivity contribution in [2.24, 2.45) is 0 Å². The van der Waals surface area contributed by atoms with Crippen molar-refractivity contribution in [3.05, 3.63) is 156 Å². The Morgan fingerprint density at radius 1 is 0.485 bits per heavy atom. The Morgan fingerprint density at radius 2 is 0.853 bits per heavy atom. The van der Waals surface area contributed by atoms with Crippen LogP contribution >= 0.6 is 0 Å². The molecule has 2 aromatic heterocycles. The van der Waals surface area contributed by atoms with Gasteiger partial charge < -0.3 is 28.4 Å². The largest absolute Gasteiger partial charge is 0.491 e. The number of carbonyl (C=O) groups is 2. The number of nitrogens with zero attached hydrogens (tertiary/aromatic N) is 4. The minimum absolute atomic E-state index is 0.112. The maximum atomic E-state index is 14.5. The SMILES string of the molecule is Cc1cc(-c2ccc(OCCOCc3ccccc3)cc2)c2nc(-c3nc4c(-c5ccc(OCCOCc6ccccc6)cc5)cc(C)cc4n3C(=O)OC(C)(C)C)n(C(=O)OC(C)(C)C)c2c1. The molecule has 350 valence electrons. The van der Waals surface area contributed by atoms with Crippen LogP contribution in [-0.4, -0.2) is 68.9 Å². The molecule has 2 heterocycles. The van der Waals surface area contributed by atoms with Crippen LogP contribution in [0.2, 0.25) is 0 Å². The molecule has 0 aliphatic heterocycles. The molecule has 8 rings (SSSR count). The van der Waals surface area contributed by atoms with Crippen LogP contribution in [0.25, 0.3) is 56.0 Å². The van der Waals surface area contributed by atoms with Crippen molar-refractivity contribution < 1.29 is 38.0 Å². The van der Waals surface area contributed by atoms with Crippen LogP contribution in [0.15, 0.2) is 133 Å². The lowest BCUT2D eigenvalue weighted by molar-refractivity contribution is 0.0526. The maximum Gasteiger partial charge on any atom is 0.420 e.